The molecule has 0 aromatic heterocycles. The fourth-order valence-electron chi connectivity index (χ4n) is 2.85. The third-order valence-electron chi connectivity index (χ3n) is 3.82. The molecule has 1 heterocycles. The molecule has 1 N–H and O–H groups in total. The first kappa shape index (κ1) is 15.4. The first-order valence-electron chi connectivity index (χ1n) is 7.28. The average Bonchev–Trinajstić information content (AvgIpc) is 2.52. The molecule has 0 amide bonds. The van der Waals surface area contributed by atoms with Gasteiger partial charge in [0.1, 0.15) is 0 Å². The SMILES string of the molecule is CCNC1(CC(=O)OCC)CCCN(CC)CC1. The molecule has 1 saturated heterocycles. The summed E-state index contributed by atoms with van der Waals surface area (Å²) in [6.45, 7) is 10.9. The molecule has 106 valence electrons. The van der Waals surface area contributed by atoms with Crippen LogP contribution in [0.3, 0.4) is 0 Å². The van der Waals surface area contributed by atoms with Crippen LogP contribution in [0.25, 0.3) is 0 Å². The highest BCUT2D eigenvalue weighted by Gasteiger charge is 2.34. The fourth-order valence-corrected chi connectivity index (χ4v) is 2.85. The lowest BCUT2D eigenvalue weighted by molar-refractivity contribution is -0.145. The summed E-state index contributed by atoms with van der Waals surface area (Å²) >= 11 is 0. The monoisotopic (exact) mass is 256 g/mol. The summed E-state index contributed by atoms with van der Waals surface area (Å²) in [7, 11) is 0. The Hall–Kier alpha value is -0.610. The van der Waals surface area contributed by atoms with E-state index in [2.05, 4.69) is 24.1 Å². The molecule has 1 aliphatic rings. The Labute approximate surface area is 111 Å². The first-order chi connectivity index (χ1) is 8.65. The summed E-state index contributed by atoms with van der Waals surface area (Å²) < 4.78 is 5.12. The Morgan fingerprint density at radius 3 is 2.67 bits per heavy atom. The summed E-state index contributed by atoms with van der Waals surface area (Å²) in [6.07, 6.45) is 3.76. The topological polar surface area (TPSA) is 41.6 Å². The van der Waals surface area contributed by atoms with E-state index in [-0.39, 0.29) is 11.5 Å². The van der Waals surface area contributed by atoms with Crippen LogP contribution in [-0.2, 0) is 9.53 Å². The van der Waals surface area contributed by atoms with Crippen molar-refractivity contribution in [1.82, 2.24) is 10.2 Å². The second kappa shape index (κ2) is 7.74. The quantitative estimate of drug-likeness (QED) is 0.736. The highest BCUT2D eigenvalue weighted by Crippen LogP contribution is 2.26. The molecule has 1 atom stereocenters. The van der Waals surface area contributed by atoms with Gasteiger partial charge in [-0.1, -0.05) is 13.8 Å². The van der Waals surface area contributed by atoms with Gasteiger partial charge in [-0.15, -0.1) is 0 Å². The van der Waals surface area contributed by atoms with E-state index in [1.54, 1.807) is 0 Å². The lowest BCUT2D eigenvalue weighted by Gasteiger charge is -2.33. The van der Waals surface area contributed by atoms with Gasteiger partial charge in [0.2, 0.25) is 0 Å². The van der Waals surface area contributed by atoms with Gasteiger partial charge in [-0.05, 0) is 52.4 Å². The maximum Gasteiger partial charge on any atom is 0.307 e. The molecule has 4 heteroatoms. The van der Waals surface area contributed by atoms with E-state index in [9.17, 15) is 4.79 Å². The largest absolute Gasteiger partial charge is 0.466 e. The molecule has 0 radical (unpaired) electrons. The van der Waals surface area contributed by atoms with Gasteiger partial charge in [-0.2, -0.15) is 0 Å². The molecule has 0 aromatic carbocycles. The molecule has 0 aliphatic carbocycles. The minimum absolute atomic E-state index is 0.0507. The molecule has 18 heavy (non-hydrogen) atoms. The summed E-state index contributed by atoms with van der Waals surface area (Å²) in [6, 6.07) is 0. The van der Waals surface area contributed by atoms with Crippen LogP contribution < -0.4 is 5.32 Å². The molecular weight excluding hydrogens is 228 g/mol. The van der Waals surface area contributed by atoms with Crippen molar-refractivity contribution in [3.8, 4) is 0 Å². The Balaban J connectivity index is 2.64. The molecule has 0 aromatic rings. The predicted octanol–water partition coefficient (Wildman–Crippen LogP) is 1.79. The zero-order chi connectivity index (χ0) is 13.4. The van der Waals surface area contributed by atoms with E-state index in [1.807, 2.05) is 6.92 Å². The number of ether oxygens (including phenoxy) is 1. The minimum atomic E-state index is -0.0663. The summed E-state index contributed by atoms with van der Waals surface area (Å²) in [5.41, 5.74) is -0.0507. The number of rotatable bonds is 6. The van der Waals surface area contributed by atoms with Crippen molar-refractivity contribution in [2.24, 2.45) is 0 Å². The number of nitrogens with zero attached hydrogens (tertiary/aromatic N) is 1. The molecule has 0 spiro atoms. The van der Waals surface area contributed by atoms with Crippen molar-refractivity contribution in [2.75, 3.05) is 32.8 Å². The van der Waals surface area contributed by atoms with Crippen LogP contribution in [0, 0.1) is 0 Å². The summed E-state index contributed by atoms with van der Waals surface area (Å²) in [5.74, 6) is -0.0663. The average molecular weight is 256 g/mol. The Bertz CT molecular complexity index is 258. The molecular formula is C14H28N2O2. The van der Waals surface area contributed by atoms with Crippen molar-refractivity contribution in [2.45, 2.75) is 52.0 Å². The third kappa shape index (κ3) is 4.58. The Morgan fingerprint density at radius 2 is 2.06 bits per heavy atom. The van der Waals surface area contributed by atoms with Crippen LogP contribution in [0.4, 0.5) is 0 Å². The van der Waals surface area contributed by atoms with Gasteiger partial charge >= 0.3 is 5.97 Å². The molecule has 1 unspecified atom stereocenters. The van der Waals surface area contributed by atoms with E-state index in [0.717, 1.165) is 45.4 Å². The van der Waals surface area contributed by atoms with Gasteiger partial charge in [0.25, 0.3) is 0 Å². The number of esters is 1. The van der Waals surface area contributed by atoms with Gasteiger partial charge in [-0.25, -0.2) is 0 Å². The van der Waals surface area contributed by atoms with Gasteiger partial charge in [0.05, 0.1) is 13.0 Å². The smallest absolute Gasteiger partial charge is 0.307 e. The van der Waals surface area contributed by atoms with E-state index < -0.39 is 0 Å². The predicted molar refractivity (Wildman–Crippen MR) is 73.6 cm³/mol. The van der Waals surface area contributed by atoms with Gasteiger partial charge in [0, 0.05) is 5.54 Å². The van der Waals surface area contributed by atoms with Crippen molar-refractivity contribution in [3.63, 3.8) is 0 Å². The Morgan fingerprint density at radius 1 is 1.28 bits per heavy atom. The van der Waals surface area contributed by atoms with Gasteiger partial charge in [-0.3, -0.25) is 4.79 Å². The first-order valence-corrected chi connectivity index (χ1v) is 7.28. The lowest BCUT2D eigenvalue weighted by Crippen LogP contribution is -2.47. The number of carbonyl (C=O) groups is 1. The van der Waals surface area contributed by atoms with Crippen molar-refractivity contribution >= 4 is 5.97 Å². The highest BCUT2D eigenvalue weighted by atomic mass is 16.5. The highest BCUT2D eigenvalue weighted by molar-refractivity contribution is 5.70. The summed E-state index contributed by atoms with van der Waals surface area (Å²) in [5, 5.41) is 3.54. The summed E-state index contributed by atoms with van der Waals surface area (Å²) in [4.78, 5) is 14.2. The number of nitrogens with one attached hydrogen (secondary N) is 1. The van der Waals surface area contributed by atoms with Crippen LogP contribution >= 0.6 is 0 Å². The number of carbonyl (C=O) groups excluding carboxylic acids is 1. The number of hydrogen-bond acceptors (Lipinski definition) is 4. The molecule has 1 fully saturated rings. The second-order valence-electron chi connectivity index (χ2n) is 5.08. The number of hydrogen-bond donors (Lipinski definition) is 1. The zero-order valence-electron chi connectivity index (χ0n) is 12.1. The Kier molecular flexibility index (Phi) is 6.65. The van der Waals surface area contributed by atoms with E-state index in [4.69, 9.17) is 4.74 Å². The zero-order valence-corrected chi connectivity index (χ0v) is 12.1. The number of likely N-dealkylation sites (tertiary alicyclic amines) is 1. The van der Waals surface area contributed by atoms with Crippen molar-refractivity contribution < 1.29 is 9.53 Å². The molecule has 0 saturated carbocycles. The maximum absolute atomic E-state index is 11.8. The van der Waals surface area contributed by atoms with Gasteiger partial charge < -0.3 is 15.0 Å². The van der Waals surface area contributed by atoms with Crippen LogP contribution in [0.5, 0.6) is 0 Å². The fraction of sp³-hybridized carbons (Fsp3) is 0.929. The maximum atomic E-state index is 11.8. The normalized spacial score (nSPS) is 25.7. The minimum Gasteiger partial charge on any atom is -0.466 e. The van der Waals surface area contributed by atoms with Gasteiger partial charge in [0.15, 0.2) is 0 Å². The van der Waals surface area contributed by atoms with Crippen LogP contribution in [-0.4, -0.2) is 49.2 Å². The second-order valence-corrected chi connectivity index (χ2v) is 5.08. The van der Waals surface area contributed by atoms with Crippen molar-refractivity contribution in [3.05, 3.63) is 0 Å². The third-order valence-corrected chi connectivity index (χ3v) is 3.82. The van der Waals surface area contributed by atoms with Crippen LogP contribution in [0.1, 0.15) is 46.5 Å². The van der Waals surface area contributed by atoms with E-state index in [0.29, 0.717) is 13.0 Å². The van der Waals surface area contributed by atoms with Crippen LogP contribution in [0.15, 0.2) is 0 Å². The van der Waals surface area contributed by atoms with E-state index >= 15 is 0 Å². The lowest BCUT2D eigenvalue weighted by atomic mass is 9.87. The van der Waals surface area contributed by atoms with Crippen LogP contribution in [0.2, 0.25) is 0 Å². The molecule has 0 bridgehead atoms. The van der Waals surface area contributed by atoms with E-state index in [1.165, 1.54) is 0 Å². The molecule has 4 nitrogen and oxygen atoms in total. The molecule has 1 aliphatic heterocycles. The van der Waals surface area contributed by atoms with Crippen molar-refractivity contribution in [1.29, 1.82) is 0 Å². The standard InChI is InChI=1S/C14H28N2O2/c1-4-15-14(12-13(17)18-6-3)8-7-10-16(5-2)11-9-14/h15H,4-12H2,1-3H3. The molecule has 1 rings (SSSR count).